The maximum atomic E-state index is 12.7. The molecule has 0 spiro atoms. The molecule has 35 heavy (non-hydrogen) atoms. The number of aliphatic carboxylic acids is 1. The van der Waals surface area contributed by atoms with Crippen molar-refractivity contribution in [2.24, 2.45) is 0 Å². The summed E-state index contributed by atoms with van der Waals surface area (Å²) in [5.74, 6) is -0.936. The van der Waals surface area contributed by atoms with Crippen molar-refractivity contribution in [2.75, 3.05) is 11.9 Å². The first-order chi connectivity index (χ1) is 17.0. The van der Waals surface area contributed by atoms with Crippen LogP contribution in [0.1, 0.15) is 33.8 Å². The number of carbonyl (C=O) groups is 2. The summed E-state index contributed by atoms with van der Waals surface area (Å²) in [7, 11) is 0. The quantitative estimate of drug-likeness (QED) is 0.420. The summed E-state index contributed by atoms with van der Waals surface area (Å²) in [6.45, 7) is 0.270. The molecule has 4 aromatic rings. The predicted molar refractivity (Wildman–Crippen MR) is 128 cm³/mol. The highest BCUT2D eigenvalue weighted by Gasteiger charge is 2.29. The average molecular weight is 465 g/mol. The number of nitriles is 1. The lowest BCUT2D eigenvalue weighted by atomic mass is 9.91. The Morgan fingerprint density at radius 3 is 2.69 bits per heavy atom. The van der Waals surface area contributed by atoms with Gasteiger partial charge in [0.2, 0.25) is 0 Å². The summed E-state index contributed by atoms with van der Waals surface area (Å²) in [5.41, 5.74) is 2.51. The van der Waals surface area contributed by atoms with Crippen LogP contribution < -0.4 is 14.8 Å². The molecule has 8 heteroatoms. The molecule has 172 valence electrons. The molecule has 2 heterocycles. The second kappa shape index (κ2) is 9.15. The lowest BCUT2D eigenvalue weighted by molar-refractivity contribution is -0.139. The number of para-hydroxylation sites is 1. The highest BCUT2D eigenvalue weighted by atomic mass is 16.5. The maximum Gasteiger partial charge on any atom is 0.311 e. The molecular weight excluding hydrogens is 446 g/mol. The number of pyridine rings is 1. The van der Waals surface area contributed by atoms with Crippen LogP contribution in [0.4, 0.5) is 5.69 Å². The summed E-state index contributed by atoms with van der Waals surface area (Å²) < 4.78 is 11.5. The lowest BCUT2D eigenvalue weighted by Crippen LogP contribution is -2.21. The molecule has 1 amide bonds. The first-order valence-corrected chi connectivity index (χ1v) is 10.9. The van der Waals surface area contributed by atoms with E-state index in [1.54, 1.807) is 30.5 Å². The van der Waals surface area contributed by atoms with E-state index in [-0.39, 0.29) is 23.8 Å². The van der Waals surface area contributed by atoms with Crippen LogP contribution in [0.25, 0.3) is 10.9 Å². The van der Waals surface area contributed by atoms with Crippen molar-refractivity contribution >= 4 is 28.5 Å². The third kappa shape index (κ3) is 4.48. The van der Waals surface area contributed by atoms with Gasteiger partial charge in [0.05, 0.1) is 35.5 Å². The van der Waals surface area contributed by atoms with Crippen molar-refractivity contribution < 1.29 is 24.2 Å². The third-order valence-corrected chi connectivity index (χ3v) is 5.76. The molecule has 0 fully saturated rings. The molecule has 0 bridgehead atoms. The number of carboxylic acid groups (broad SMARTS) is 1. The minimum Gasteiger partial charge on any atom is -0.493 e. The Morgan fingerprint density at radius 1 is 1.11 bits per heavy atom. The Hall–Kier alpha value is -4.90. The number of anilines is 1. The monoisotopic (exact) mass is 465 g/mol. The van der Waals surface area contributed by atoms with Gasteiger partial charge in [0, 0.05) is 22.6 Å². The number of hydrogen-bond donors (Lipinski definition) is 2. The summed E-state index contributed by atoms with van der Waals surface area (Å²) in [6.07, 6.45) is 1.94. The second-order valence-corrected chi connectivity index (χ2v) is 8.02. The summed E-state index contributed by atoms with van der Waals surface area (Å²) in [5, 5.41) is 22.8. The Balaban J connectivity index is 1.33. The molecule has 0 saturated heterocycles. The van der Waals surface area contributed by atoms with Gasteiger partial charge in [-0.3, -0.25) is 14.6 Å². The van der Waals surface area contributed by atoms with Crippen LogP contribution in [-0.2, 0) is 4.79 Å². The minimum absolute atomic E-state index is 0.200. The Kier molecular flexibility index (Phi) is 5.73. The number of fused-ring (bicyclic) bond motifs is 2. The SMILES string of the molecule is N#Cc1cc2c(cc1Oc1ccc(C(=O)Nc3cnc4ccccc4c3)cc1)OCCC2C(=O)O. The predicted octanol–water partition coefficient (Wildman–Crippen LogP) is 5.10. The molecular formula is C27H19N3O5. The zero-order valence-electron chi connectivity index (χ0n) is 18.4. The number of benzene rings is 3. The van der Waals surface area contributed by atoms with Crippen LogP contribution in [0.3, 0.4) is 0 Å². The summed E-state index contributed by atoms with van der Waals surface area (Å²) >= 11 is 0. The number of carboxylic acids is 1. The number of nitrogens with one attached hydrogen (secondary N) is 1. The molecule has 2 N–H and O–H groups in total. The smallest absolute Gasteiger partial charge is 0.311 e. The van der Waals surface area contributed by atoms with Gasteiger partial charge in [-0.25, -0.2) is 0 Å². The first-order valence-electron chi connectivity index (χ1n) is 10.9. The van der Waals surface area contributed by atoms with Crippen molar-refractivity contribution in [3.63, 3.8) is 0 Å². The maximum absolute atomic E-state index is 12.7. The van der Waals surface area contributed by atoms with Crippen molar-refractivity contribution in [3.8, 4) is 23.3 Å². The summed E-state index contributed by atoms with van der Waals surface area (Å²) in [6, 6.07) is 21.0. The van der Waals surface area contributed by atoms with Crippen LogP contribution in [0.15, 0.2) is 72.9 Å². The van der Waals surface area contributed by atoms with Gasteiger partial charge in [-0.05, 0) is 48.9 Å². The van der Waals surface area contributed by atoms with E-state index in [4.69, 9.17) is 9.47 Å². The zero-order chi connectivity index (χ0) is 24.4. The van der Waals surface area contributed by atoms with E-state index in [0.29, 0.717) is 34.7 Å². The Labute approximate surface area is 200 Å². The first kappa shape index (κ1) is 21.9. The van der Waals surface area contributed by atoms with Gasteiger partial charge in [-0.2, -0.15) is 5.26 Å². The molecule has 1 aliphatic heterocycles. The van der Waals surface area contributed by atoms with Crippen LogP contribution >= 0.6 is 0 Å². The topological polar surface area (TPSA) is 122 Å². The molecule has 1 aliphatic rings. The molecule has 0 aliphatic carbocycles. The molecule has 0 radical (unpaired) electrons. The van der Waals surface area contributed by atoms with Crippen molar-refractivity contribution in [1.29, 1.82) is 5.26 Å². The van der Waals surface area contributed by atoms with Crippen molar-refractivity contribution in [1.82, 2.24) is 4.98 Å². The van der Waals surface area contributed by atoms with Gasteiger partial charge in [0.1, 0.15) is 23.3 Å². The van der Waals surface area contributed by atoms with Crippen molar-refractivity contribution in [2.45, 2.75) is 12.3 Å². The molecule has 1 atom stereocenters. The number of rotatable bonds is 5. The fraction of sp³-hybridized carbons (Fsp3) is 0.111. The Bertz CT molecular complexity index is 1490. The van der Waals surface area contributed by atoms with Gasteiger partial charge in [0.25, 0.3) is 5.91 Å². The largest absolute Gasteiger partial charge is 0.493 e. The molecule has 1 unspecified atom stereocenters. The van der Waals surface area contributed by atoms with E-state index in [1.165, 1.54) is 12.1 Å². The van der Waals surface area contributed by atoms with Crippen LogP contribution in [0, 0.1) is 11.3 Å². The van der Waals surface area contributed by atoms with Crippen molar-refractivity contribution in [3.05, 3.63) is 89.6 Å². The lowest BCUT2D eigenvalue weighted by Gasteiger charge is -2.24. The standard InChI is InChI=1S/C27H19N3O5/c28-14-18-12-22-21(27(32)33)9-10-34-25(22)13-24(18)35-20-7-5-16(6-8-20)26(31)30-19-11-17-3-1-2-4-23(17)29-15-19/h1-8,11-13,15,21H,9-10H2,(H,30,31)(H,32,33). The highest BCUT2D eigenvalue weighted by molar-refractivity contribution is 6.05. The van der Waals surface area contributed by atoms with Crippen LogP contribution in [-0.4, -0.2) is 28.6 Å². The molecule has 3 aromatic carbocycles. The van der Waals surface area contributed by atoms with E-state index >= 15 is 0 Å². The number of amides is 1. The van der Waals surface area contributed by atoms with Gasteiger partial charge in [-0.15, -0.1) is 0 Å². The van der Waals surface area contributed by atoms with Crippen LogP contribution in [0.2, 0.25) is 0 Å². The van der Waals surface area contributed by atoms with Gasteiger partial charge in [0.15, 0.2) is 0 Å². The zero-order valence-corrected chi connectivity index (χ0v) is 18.4. The molecule has 0 saturated carbocycles. The number of ether oxygens (including phenoxy) is 2. The van der Waals surface area contributed by atoms with E-state index in [9.17, 15) is 20.0 Å². The van der Waals surface area contributed by atoms with E-state index in [0.717, 1.165) is 10.9 Å². The second-order valence-electron chi connectivity index (χ2n) is 8.02. The highest BCUT2D eigenvalue weighted by Crippen LogP contribution is 2.39. The van der Waals surface area contributed by atoms with E-state index in [1.807, 2.05) is 30.3 Å². The Morgan fingerprint density at radius 2 is 1.91 bits per heavy atom. The normalized spacial score (nSPS) is 14.3. The third-order valence-electron chi connectivity index (χ3n) is 5.76. The van der Waals surface area contributed by atoms with Gasteiger partial charge < -0.3 is 19.9 Å². The number of hydrogen-bond acceptors (Lipinski definition) is 6. The van der Waals surface area contributed by atoms with Gasteiger partial charge in [-0.1, -0.05) is 18.2 Å². The van der Waals surface area contributed by atoms with E-state index in [2.05, 4.69) is 16.4 Å². The molecule has 1 aromatic heterocycles. The van der Waals surface area contributed by atoms with Gasteiger partial charge >= 0.3 is 5.97 Å². The average Bonchev–Trinajstić information content (AvgIpc) is 2.88. The number of carbonyl (C=O) groups excluding carboxylic acids is 1. The summed E-state index contributed by atoms with van der Waals surface area (Å²) in [4.78, 5) is 28.6. The molecule has 5 rings (SSSR count). The minimum atomic E-state index is -0.958. The fourth-order valence-electron chi connectivity index (χ4n) is 3.99. The molecule has 8 nitrogen and oxygen atoms in total. The van der Waals surface area contributed by atoms with E-state index < -0.39 is 11.9 Å². The number of aromatic nitrogens is 1. The van der Waals surface area contributed by atoms with Crippen LogP contribution in [0.5, 0.6) is 17.2 Å². The fourth-order valence-corrected chi connectivity index (χ4v) is 3.99. The number of nitrogens with zero attached hydrogens (tertiary/aromatic N) is 2.